The van der Waals surface area contributed by atoms with E-state index in [9.17, 15) is 4.79 Å². The number of carbonyl (C=O) groups excluding carboxylic acids is 1. The van der Waals surface area contributed by atoms with Gasteiger partial charge >= 0.3 is 0 Å². The number of benzene rings is 1. The Labute approximate surface area is 107 Å². The van der Waals surface area contributed by atoms with Gasteiger partial charge in [-0.3, -0.25) is 9.48 Å². The van der Waals surface area contributed by atoms with E-state index >= 15 is 0 Å². The van der Waals surface area contributed by atoms with Crippen LogP contribution < -0.4 is 0 Å². The molecule has 3 nitrogen and oxygen atoms in total. The molecular formula is C15H18N2O. The van der Waals surface area contributed by atoms with Gasteiger partial charge in [0, 0.05) is 30.9 Å². The zero-order chi connectivity index (χ0) is 13.1. The van der Waals surface area contributed by atoms with Crippen LogP contribution in [-0.4, -0.2) is 15.6 Å². The maximum atomic E-state index is 12.2. The number of Topliss-reactive ketones (excluding diaryl/α,β-unsaturated/α-hetero) is 1. The predicted octanol–water partition coefficient (Wildman–Crippen LogP) is 2.85. The van der Waals surface area contributed by atoms with Gasteiger partial charge < -0.3 is 0 Å². The molecule has 2 rings (SSSR count). The molecule has 1 aromatic heterocycles. The SMILES string of the molecule is Cc1cccc(C(=O)CCc2ccnn2C)c1C. The van der Waals surface area contributed by atoms with Crippen molar-refractivity contribution < 1.29 is 4.79 Å². The van der Waals surface area contributed by atoms with E-state index in [0.717, 1.165) is 23.2 Å². The van der Waals surface area contributed by atoms with Crippen molar-refractivity contribution in [2.45, 2.75) is 26.7 Å². The van der Waals surface area contributed by atoms with Gasteiger partial charge in [0.05, 0.1) is 0 Å². The Hall–Kier alpha value is -1.90. The second-order valence-corrected chi connectivity index (χ2v) is 4.62. The highest BCUT2D eigenvalue weighted by molar-refractivity contribution is 5.97. The molecule has 1 aromatic carbocycles. The fraction of sp³-hybridized carbons (Fsp3) is 0.333. The number of rotatable bonds is 4. The maximum absolute atomic E-state index is 12.2. The van der Waals surface area contributed by atoms with E-state index in [4.69, 9.17) is 0 Å². The Balaban J connectivity index is 2.09. The van der Waals surface area contributed by atoms with Gasteiger partial charge in [-0.15, -0.1) is 0 Å². The van der Waals surface area contributed by atoms with Crippen LogP contribution in [0.2, 0.25) is 0 Å². The topological polar surface area (TPSA) is 34.9 Å². The minimum absolute atomic E-state index is 0.206. The first-order chi connectivity index (χ1) is 8.59. The summed E-state index contributed by atoms with van der Waals surface area (Å²) in [6.45, 7) is 4.04. The largest absolute Gasteiger partial charge is 0.294 e. The molecule has 94 valence electrons. The summed E-state index contributed by atoms with van der Waals surface area (Å²) in [5, 5.41) is 4.10. The van der Waals surface area contributed by atoms with E-state index in [0.29, 0.717) is 6.42 Å². The molecule has 0 aliphatic carbocycles. The first-order valence-corrected chi connectivity index (χ1v) is 6.16. The molecule has 0 aliphatic rings. The number of hydrogen-bond donors (Lipinski definition) is 0. The number of aromatic nitrogens is 2. The van der Waals surface area contributed by atoms with E-state index in [-0.39, 0.29) is 5.78 Å². The van der Waals surface area contributed by atoms with Crippen LogP contribution in [0.5, 0.6) is 0 Å². The lowest BCUT2D eigenvalue weighted by molar-refractivity contribution is 0.0981. The van der Waals surface area contributed by atoms with Gasteiger partial charge in [0.15, 0.2) is 5.78 Å². The third kappa shape index (κ3) is 2.50. The summed E-state index contributed by atoms with van der Waals surface area (Å²) in [5.74, 6) is 0.206. The van der Waals surface area contributed by atoms with E-state index in [1.807, 2.05) is 49.8 Å². The molecule has 0 N–H and O–H groups in total. The highest BCUT2D eigenvalue weighted by atomic mass is 16.1. The Kier molecular flexibility index (Phi) is 3.60. The van der Waals surface area contributed by atoms with Crippen molar-refractivity contribution in [3.05, 3.63) is 52.8 Å². The van der Waals surface area contributed by atoms with Gasteiger partial charge in [-0.25, -0.2) is 0 Å². The molecule has 18 heavy (non-hydrogen) atoms. The molecule has 2 aromatic rings. The second kappa shape index (κ2) is 5.17. The van der Waals surface area contributed by atoms with E-state index in [1.165, 1.54) is 5.56 Å². The molecule has 0 spiro atoms. The van der Waals surface area contributed by atoms with Crippen LogP contribution in [0, 0.1) is 13.8 Å². The lowest BCUT2D eigenvalue weighted by Crippen LogP contribution is -2.06. The quantitative estimate of drug-likeness (QED) is 0.773. The summed E-state index contributed by atoms with van der Waals surface area (Å²) >= 11 is 0. The zero-order valence-corrected chi connectivity index (χ0v) is 11.1. The second-order valence-electron chi connectivity index (χ2n) is 4.62. The number of aryl methyl sites for hydroxylation is 3. The lowest BCUT2D eigenvalue weighted by atomic mass is 9.97. The number of ketones is 1. The molecule has 0 bridgehead atoms. The third-order valence-electron chi connectivity index (χ3n) is 3.44. The minimum atomic E-state index is 0.206. The molecule has 0 atom stereocenters. The van der Waals surface area contributed by atoms with E-state index < -0.39 is 0 Å². The predicted molar refractivity (Wildman–Crippen MR) is 71.8 cm³/mol. The average molecular weight is 242 g/mol. The van der Waals surface area contributed by atoms with Gasteiger partial charge in [0.25, 0.3) is 0 Å². The van der Waals surface area contributed by atoms with Crippen molar-refractivity contribution in [2.24, 2.45) is 7.05 Å². The Morgan fingerprint density at radius 3 is 2.72 bits per heavy atom. The monoisotopic (exact) mass is 242 g/mol. The standard InChI is InChI=1S/C15H18N2O/c1-11-5-4-6-14(12(11)2)15(18)8-7-13-9-10-16-17(13)3/h4-6,9-10H,7-8H2,1-3H3. The Bertz CT molecular complexity index is 570. The summed E-state index contributed by atoms with van der Waals surface area (Å²) in [4.78, 5) is 12.2. The molecule has 0 saturated heterocycles. The van der Waals surface area contributed by atoms with Crippen LogP contribution in [0.1, 0.15) is 33.6 Å². The minimum Gasteiger partial charge on any atom is -0.294 e. The van der Waals surface area contributed by atoms with Crippen molar-refractivity contribution in [3.8, 4) is 0 Å². The zero-order valence-electron chi connectivity index (χ0n) is 11.1. The van der Waals surface area contributed by atoms with Gasteiger partial charge in [0.2, 0.25) is 0 Å². The van der Waals surface area contributed by atoms with Crippen LogP contribution in [-0.2, 0) is 13.5 Å². The average Bonchev–Trinajstić information content (AvgIpc) is 2.75. The summed E-state index contributed by atoms with van der Waals surface area (Å²) in [6, 6.07) is 7.84. The van der Waals surface area contributed by atoms with Gasteiger partial charge in [0.1, 0.15) is 0 Å². The molecule has 3 heteroatoms. The van der Waals surface area contributed by atoms with Crippen LogP contribution in [0.4, 0.5) is 0 Å². The Morgan fingerprint density at radius 2 is 2.06 bits per heavy atom. The highest BCUT2D eigenvalue weighted by Crippen LogP contribution is 2.15. The van der Waals surface area contributed by atoms with Gasteiger partial charge in [-0.1, -0.05) is 18.2 Å². The van der Waals surface area contributed by atoms with E-state index in [1.54, 1.807) is 6.20 Å². The van der Waals surface area contributed by atoms with Crippen LogP contribution in [0.15, 0.2) is 30.5 Å². The molecule has 0 aliphatic heterocycles. The highest BCUT2D eigenvalue weighted by Gasteiger charge is 2.11. The van der Waals surface area contributed by atoms with Crippen LogP contribution >= 0.6 is 0 Å². The molecule has 0 amide bonds. The maximum Gasteiger partial charge on any atom is 0.163 e. The number of hydrogen-bond acceptors (Lipinski definition) is 2. The molecule has 0 radical (unpaired) electrons. The number of nitrogens with zero attached hydrogens (tertiary/aromatic N) is 2. The number of carbonyl (C=O) groups is 1. The van der Waals surface area contributed by atoms with Crippen molar-refractivity contribution >= 4 is 5.78 Å². The van der Waals surface area contributed by atoms with Crippen molar-refractivity contribution in [2.75, 3.05) is 0 Å². The van der Waals surface area contributed by atoms with Gasteiger partial charge in [-0.2, -0.15) is 5.10 Å². The summed E-state index contributed by atoms with van der Waals surface area (Å²) in [5.41, 5.74) is 4.19. The van der Waals surface area contributed by atoms with Crippen LogP contribution in [0.25, 0.3) is 0 Å². The van der Waals surface area contributed by atoms with Crippen molar-refractivity contribution in [1.29, 1.82) is 0 Å². The molecule has 0 unspecified atom stereocenters. The molecule has 0 saturated carbocycles. The fourth-order valence-electron chi connectivity index (χ4n) is 2.08. The summed E-state index contributed by atoms with van der Waals surface area (Å²) in [7, 11) is 1.90. The molecule has 0 fully saturated rings. The lowest BCUT2D eigenvalue weighted by Gasteiger charge is -2.07. The van der Waals surface area contributed by atoms with Crippen LogP contribution in [0.3, 0.4) is 0 Å². The molecule has 1 heterocycles. The molecular weight excluding hydrogens is 224 g/mol. The first-order valence-electron chi connectivity index (χ1n) is 6.16. The smallest absolute Gasteiger partial charge is 0.163 e. The van der Waals surface area contributed by atoms with Crippen molar-refractivity contribution in [3.63, 3.8) is 0 Å². The fourth-order valence-corrected chi connectivity index (χ4v) is 2.08. The first kappa shape index (κ1) is 12.6. The van der Waals surface area contributed by atoms with Crippen molar-refractivity contribution in [1.82, 2.24) is 9.78 Å². The normalized spacial score (nSPS) is 10.6. The third-order valence-corrected chi connectivity index (χ3v) is 3.44. The van der Waals surface area contributed by atoms with E-state index in [2.05, 4.69) is 5.10 Å². The summed E-state index contributed by atoms with van der Waals surface area (Å²) < 4.78 is 1.82. The Morgan fingerprint density at radius 1 is 1.28 bits per heavy atom. The summed E-state index contributed by atoms with van der Waals surface area (Å²) in [6.07, 6.45) is 3.03. The van der Waals surface area contributed by atoms with Gasteiger partial charge in [-0.05, 0) is 37.5 Å².